The summed E-state index contributed by atoms with van der Waals surface area (Å²) in [6.07, 6.45) is 1.17. The quantitative estimate of drug-likeness (QED) is 0.498. The molecule has 0 heterocycles. The van der Waals surface area contributed by atoms with Crippen molar-refractivity contribution in [3.63, 3.8) is 0 Å². The third kappa shape index (κ3) is 4.05. The number of benzene rings is 2. The van der Waals surface area contributed by atoms with E-state index in [0.29, 0.717) is 22.6 Å². The summed E-state index contributed by atoms with van der Waals surface area (Å²) in [6.45, 7) is 1.22. The maximum Gasteiger partial charge on any atom is 0.277 e. The number of nitrogens with one attached hydrogen (secondary N) is 1. The van der Waals surface area contributed by atoms with Crippen molar-refractivity contribution in [1.82, 2.24) is 0 Å². The van der Waals surface area contributed by atoms with Gasteiger partial charge in [-0.1, -0.05) is 12.1 Å². The van der Waals surface area contributed by atoms with Crippen LogP contribution in [0, 0.1) is 22.7 Å². The van der Waals surface area contributed by atoms with Gasteiger partial charge >= 0.3 is 0 Å². The maximum absolute atomic E-state index is 12.7. The molecule has 7 nitrogen and oxygen atoms in total. The van der Waals surface area contributed by atoms with Crippen LogP contribution < -0.4 is 16.0 Å². The first-order valence-corrected chi connectivity index (χ1v) is 7.54. The largest absolute Gasteiger partial charge is 0.399 e. The Morgan fingerprint density at radius 3 is 2.35 bits per heavy atom. The first-order chi connectivity index (χ1) is 12.5. The average molecular weight is 345 g/mol. The van der Waals surface area contributed by atoms with Gasteiger partial charge in [-0.25, -0.2) is 4.90 Å². The molecule has 0 aliphatic rings. The predicted octanol–water partition coefficient (Wildman–Crippen LogP) is 2.54. The van der Waals surface area contributed by atoms with Crippen LogP contribution in [0.3, 0.4) is 0 Å². The third-order valence-corrected chi connectivity index (χ3v) is 3.44. The van der Waals surface area contributed by atoms with Crippen molar-refractivity contribution in [1.29, 1.82) is 10.5 Å². The van der Waals surface area contributed by atoms with Crippen LogP contribution in [-0.2, 0) is 9.59 Å². The average Bonchev–Trinajstić information content (AvgIpc) is 2.64. The molecule has 26 heavy (non-hydrogen) atoms. The van der Waals surface area contributed by atoms with Crippen molar-refractivity contribution in [3.05, 3.63) is 65.9 Å². The fourth-order valence-corrected chi connectivity index (χ4v) is 2.18. The first-order valence-electron chi connectivity index (χ1n) is 7.54. The number of rotatable bonds is 4. The van der Waals surface area contributed by atoms with E-state index < -0.39 is 11.8 Å². The summed E-state index contributed by atoms with van der Waals surface area (Å²) in [4.78, 5) is 25.5. The highest BCUT2D eigenvalue weighted by Crippen LogP contribution is 2.19. The zero-order valence-electron chi connectivity index (χ0n) is 13.9. The third-order valence-electron chi connectivity index (χ3n) is 3.44. The molecule has 0 unspecified atom stereocenters. The van der Waals surface area contributed by atoms with E-state index in [1.165, 1.54) is 25.3 Å². The van der Waals surface area contributed by atoms with E-state index in [1.54, 1.807) is 42.5 Å². The number of imide groups is 1. The lowest BCUT2D eigenvalue weighted by molar-refractivity contribution is -0.123. The molecule has 7 heteroatoms. The molecule has 2 amide bonds. The van der Waals surface area contributed by atoms with Crippen molar-refractivity contribution in [2.75, 3.05) is 16.0 Å². The van der Waals surface area contributed by atoms with Gasteiger partial charge in [0.2, 0.25) is 5.91 Å². The topological polar surface area (TPSA) is 123 Å². The van der Waals surface area contributed by atoms with E-state index in [2.05, 4.69) is 5.32 Å². The minimum absolute atomic E-state index is 0.287. The summed E-state index contributed by atoms with van der Waals surface area (Å²) in [5, 5.41) is 21.2. The number of nitrogens with zero attached hydrogens (tertiary/aromatic N) is 3. The normalized spacial score (nSPS) is 10.3. The van der Waals surface area contributed by atoms with Gasteiger partial charge in [-0.05, 0) is 36.4 Å². The molecule has 0 radical (unpaired) electrons. The van der Waals surface area contributed by atoms with Crippen molar-refractivity contribution >= 4 is 28.9 Å². The second-order valence-corrected chi connectivity index (χ2v) is 5.22. The molecule has 3 N–H and O–H groups in total. The Balaban J connectivity index is 2.33. The molecule has 2 aromatic carbocycles. The van der Waals surface area contributed by atoms with Gasteiger partial charge in [-0.3, -0.25) is 9.59 Å². The summed E-state index contributed by atoms with van der Waals surface area (Å²) in [6, 6.07) is 16.6. The summed E-state index contributed by atoms with van der Waals surface area (Å²) >= 11 is 0. The van der Waals surface area contributed by atoms with Crippen LogP contribution in [0.1, 0.15) is 12.5 Å². The number of amides is 2. The van der Waals surface area contributed by atoms with Crippen molar-refractivity contribution in [3.8, 4) is 12.1 Å². The number of carbonyl (C=O) groups excluding carboxylic acids is 2. The Hall–Kier alpha value is -4.10. The lowest BCUT2D eigenvalue weighted by Crippen LogP contribution is -2.36. The van der Waals surface area contributed by atoms with Gasteiger partial charge in [0, 0.05) is 18.8 Å². The standard InChI is InChI=1S/C19H15N5O2/c1-13(25)24(17-8-6-16(22)7-9-17)19(26)15(11-21)12-23-18-5-3-2-4-14(18)10-20/h2-9,12,23H,22H2,1H3/b15-12-. The molecule has 2 rings (SSSR count). The number of hydrogen-bond donors (Lipinski definition) is 2. The Bertz CT molecular complexity index is 949. The van der Waals surface area contributed by atoms with Crippen molar-refractivity contribution in [2.45, 2.75) is 6.92 Å². The molecule has 0 saturated heterocycles. The lowest BCUT2D eigenvalue weighted by atomic mass is 10.2. The molecule has 128 valence electrons. The summed E-state index contributed by atoms with van der Waals surface area (Å²) < 4.78 is 0. The fraction of sp³-hybridized carbons (Fsp3) is 0.0526. The lowest BCUT2D eigenvalue weighted by Gasteiger charge is -2.19. The minimum atomic E-state index is -0.785. The monoisotopic (exact) mass is 345 g/mol. The summed E-state index contributed by atoms with van der Waals surface area (Å²) in [7, 11) is 0. The van der Waals surface area contributed by atoms with E-state index in [4.69, 9.17) is 11.0 Å². The molecule has 0 aliphatic heterocycles. The van der Waals surface area contributed by atoms with Crippen LogP contribution in [0.5, 0.6) is 0 Å². The van der Waals surface area contributed by atoms with Gasteiger partial charge in [0.05, 0.1) is 16.9 Å². The molecule has 0 spiro atoms. The number of nitrogens with two attached hydrogens (primary N) is 1. The summed E-state index contributed by atoms with van der Waals surface area (Å²) in [5.74, 6) is -1.33. The number of carbonyl (C=O) groups is 2. The number of hydrogen-bond acceptors (Lipinski definition) is 6. The SMILES string of the molecule is CC(=O)N(C(=O)/C(C#N)=C\Nc1ccccc1C#N)c1ccc(N)cc1. The molecule has 0 aromatic heterocycles. The maximum atomic E-state index is 12.7. The number of nitrogen functional groups attached to an aromatic ring is 1. The second-order valence-electron chi connectivity index (χ2n) is 5.22. The fourth-order valence-electron chi connectivity index (χ4n) is 2.18. The van der Waals surface area contributed by atoms with Gasteiger partial charge in [0.15, 0.2) is 0 Å². The zero-order chi connectivity index (χ0) is 19.1. The van der Waals surface area contributed by atoms with Crippen molar-refractivity contribution < 1.29 is 9.59 Å². The van der Waals surface area contributed by atoms with E-state index in [1.807, 2.05) is 6.07 Å². The molecular formula is C19H15N5O2. The van der Waals surface area contributed by atoms with Gasteiger partial charge in [-0.15, -0.1) is 0 Å². The Kier molecular flexibility index (Phi) is 5.71. The van der Waals surface area contributed by atoms with E-state index in [-0.39, 0.29) is 5.57 Å². The molecule has 0 atom stereocenters. The Morgan fingerprint density at radius 2 is 1.77 bits per heavy atom. The van der Waals surface area contributed by atoms with E-state index >= 15 is 0 Å². The van der Waals surface area contributed by atoms with E-state index in [0.717, 1.165) is 4.90 Å². The number of anilines is 3. The highest BCUT2D eigenvalue weighted by atomic mass is 16.2. The van der Waals surface area contributed by atoms with Crippen LogP contribution in [0.2, 0.25) is 0 Å². The predicted molar refractivity (Wildman–Crippen MR) is 97.5 cm³/mol. The molecule has 0 bridgehead atoms. The van der Waals surface area contributed by atoms with Crippen LogP contribution in [-0.4, -0.2) is 11.8 Å². The van der Waals surface area contributed by atoms with Crippen LogP contribution >= 0.6 is 0 Å². The zero-order valence-corrected chi connectivity index (χ0v) is 13.9. The van der Waals surface area contributed by atoms with Gasteiger partial charge in [0.1, 0.15) is 17.7 Å². The Labute approximate surface area is 150 Å². The van der Waals surface area contributed by atoms with Crippen LogP contribution in [0.4, 0.5) is 17.1 Å². The molecule has 0 fully saturated rings. The first kappa shape index (κ1) is 18.2. The number of para-hydroxylation sites is 1. The summed E-state index contributed by atoms with van der Waals surface area (Å²) in [5.41, 5.74) is 6.91. The highest BCUT2D eigenvalue weighted by Gasteiger charge is 2.24. The molecule has 0 saturated carbocycles. The second kappa shape index (κ2) is 8.13. The number of nitriles is 2. The van der Waals surface area contributed by atoms with E-state index in [9.17, 15) is 14.9 Å². The highest BCUT2D eigenvalue weighted by molar-refractivity contribution is 6.21. The molecule has 0 aliphatic carbocycles. The van der Waals surface area contributed by atoms with Crippen LogP contribution in [0.25, 0.3) is 0 Å². The molecular weight excluding hydrogens is 330 g/mol. The molecule has 2 aromatic rings. The Morgan fingerprint density at radius 1 is 1.12 bits per heavy atom. The van der Waals surface area contributed by atoms with Gasteiger partial charge < -0.3 is 11.1 Å². The van der Waals surface area contributed by atoms with Gasteiger partial charge in [0.25, 0.3) is 5.91 Å². The smallest absolute Gasteiger partial charge is 0.277 e. The minimum Gasteiger partial charge on any atom is -0.399 e. The van der Waals surface area contributed by atoms with Crippen LogP contribution in [0.15, 0.2) is 60.3 Å². The van der Waals surface area contributed by atoms with Gasteiger partial charge in [-0.2, -0.15) is 10.5 Å². The van der Waals surface area contributed by atoms with Crippen molar-refractivity contribution in [2.24, 2.45) is 0 Å².